The first-order valence-electron chi connectivity index (χ1n) is 6.39. The lowest BCUT2D eigenvalue weighted by Crippen LogP contribution is -2.12. The number of rotatable bonds is 4. The Hall–Kier alpha value is -2.12. The predicted octanol–water partition coefficient (Wildman–Crippen LogP) is 3.32. The Morgan fingerprint density at radius 1 is 1.32 bits per heavy atom. The number of hydrogen-bond donors (Lipinski definition) is 2. The van der Waals surface area contributed by atoms with E-state index in [4.69, 9.17) is 11.6 Å². The minimum Gasteiger partial charge on any atom is -0.318 e. The van der Waals surface area contributed by atoms with E-state index in [1.807, 2.05) is 24.3 Å². The standard InChI is InChI=1S/C14H11BrClN5O/c15-12-6-17-20-13(12)14(22)19-11-5-18-21(8-11)7-9-1-3-10(16)4-2-9/h1-6,8H,7H2,(H,17,20)(H,19,22). The molecule has 0 aliphatic carbocycles. The van der Waals surface area contributed by atoms with Crippen LogP contribution in [0.25, 0.3) is 0 Å². The van der Waals surface area contributed by atoms with E-state index < -0.39 is 0 Å². The second-order valence-corrected chi connectivity index (χ2v) is 5.89. The molecule has 112 valence electrons. The number of amides is 1. The van der Waals surface area contributed by atoms with Crippen LogP contribution in [0.1, 0.15) is 16.1 Å². The summed E-state index contributed by atoms with van der Waals surface area (Å²) >= 11 is 9.11. The maximum absolute atomic E-state index is 12.0. The first kappa shape index (κ1) is 14.8. The molecule has 0 saturated carbocycles. The van der Waals surface area contributed by atoms with Crippen LogP contribution in [-0.4, -0.2) is 25.9 Å². The summed E-state index contributed by atoms with van der Waals surface area (Å²) in [5, 5.41) is 14.1. The van der Waals surface area contributed by atoms with E-state index in [9.17, 15) is 4.79 Å². The summed E-state index contributed by atoms with van der Waals surface area (Å²) in [6, 6.07) is 7.53. The van der Waals surface area contributed by atoms with Gasteiger partial charge in [-0.05, 0) is 33.6 Å². The molecule has 0 aliphatic heterocycles. The lowest BCUT2D eigenvalue weighted by molar-refractivity contribution is 0.102. The Morgan fingerprint density at radius 2 is 2.09 bits per heavy atom. The monoisotopic (exact) mass is 379 g/mol. The summed E-state index contributed by atoms with van der Waals surface area (Å²) in [6.45, 7) is 0.598. The van der Waals surface area contributed by atoms with Gasteiger partial charge in [-0.25, -0.2) is 0 Å². The maximum atomic E-state index is 12.0. The van der Waals surface area contributed by atoms with Gasteiger partial charge in [0.2, 0.25) is 0 Å². The minimum atomic E-state index is -0.282. The molecular formula is C14H11BrClN5O. The fourth-order valence-corrected chi connectivity index (χ4v) is 2.41. The van der Waals surface area contributed by atoms with Gasteiger partial charge in [0.1, 0.15) is 5.69 Å². The topological polar surface area (TPSA) is 75.6 Å². The highest BCUT2D eigenvalue weighted by Crippen LogP contribution is 2.16. The molecule has 3 rings (SSSR count). The van der Waals surface area contributed by atoms with Crippen LogP contribution >= 0.6 is 27.5 Å². The molecule has 0 radical (unpaired) electrons. The SMILES string of the molecule is O=C(Nc1cnn(Cc2ccc(Cl)cc2)c1)c1[nH]ncc1Br. The van der Waals surface area contributed by atoms with Crippen LogP contribution in [0.3, 0.4) is 0 Å². The van der Waals surface area contributed by atoms with Gasteiger partial charge in [0.05, 0.1) is 29.1 Å². The van der Waals surface area contributed by atoms with Crippen molar-refractivity contribution < 1.29 is 4.79 Å². The number of halogens is 2. The molecule has 1 amide bonds. The van der Waals surface area contributed by atoms with Gasteiger partial charge in [-0.1, -0.05) is 23.7 Å². The summed E-state index contributed by atoms with van der Waals surface area (Å²) < 4.78 is 2.35. The second-order valence-electron chi connectivity index (χ2n) is 4.60. The van der Waals surface area contributed by atoms with E-state index in [-0.39, 0.29) is 5.91 Å². The maximum Gasteiger partial charge on any atom is 0.274 e. The summed E-state index contributed by atoms with van der Waals surface area (Å²) in [6.07, 6.45) is 4.88. The van der Waals surface area contributed by atoms with Gasteiger partial charge in [0, 0.05) is 11.2 Å². The Morgan fingerprint density at radius 3 is 2.77 bits per heavy atom. The number of nitrogens with zero attached hydrogens (tertiary/aromatic N) is 3. The summed E-state index contributed by atoms with van der Waals surface area (Å²) in [5.41, 5.74) is 2.05. The largest absolute Gasteiger partial charge is 0.318 e. The zero-order valence-corrected chi connectivity index (χ0v) is 13.6. The summed E-state index contributed by atoms with van der Waals surface area (Å²) in [4.78, 5) is 12.0. The molecule has 1 aromatic carbocycles. The van der Waals surface area contributed by atoms with Gasteiger partial charge in [-0.3, -0.25) is 14.6 Å². The van der Waals surface area contributed by atoms with Crippen LogP contribution in [0.15, 0.2) is 47.3 Å². The van der Waals surface area contributed by atoms with Gasteiger partial charge in [-0.2, -0.15) is 10.2 Å². The van der Waals surface area contributed by atoms with Crippen LogP contribution in [-0.2, 0) is 6.54 Å². The molecule has 2 aromatic heterocycles. The number of hydrogen-bond acceptors (Lipinski definition) is 3. The van der Waals surface area contributed by atoms with Crippen molar-refractivity contribution >= 4 is 39.1 Å². The number of nitrogens with one attached hydrogen (secondary N) is 2. The van der Waals surface area contributed by atoms with Crippen LogP contribution < -0.4 is 5.32 Å². The van der Waals surface area contributed by atoms with Crippen LogP contribution in [0.2, 0.25) is 5.02 Å². The Labute approximate surface area is 139 Å². The zero-order valence-electron chi connectivity index (χ0n) is 11.3. The quantitative estimate of drug-likeness (QED) is 0.729. The molecule has 0 unspecified atom stereocenters. The van der Waals surface area contributed by atoms with Crippen LogP contribution in [0, 0.1) is 0 Å². The number of carbonyl (C=O) groups is 1. The first-order valence-corrected chi connectivity index (χ1v) is 7.56. The molecule has 0 spiro atoms. The lowest BCUT2D eigenvalue weighted by Gasteiger charge is -2.02. The number of anilines is 1. The smallest absolute Gasteiger partial charge is 0.274 e. The Kier molecular flexibility index (Phi) is 4.26. The first-order chi connectivity index (χ1) is 10.6. The molecule has 3 aromatic rings. The van der Waals surface area contributed by atoms with E-state index in [0.29, 0.717) is 27.4 Å². The molecule has 6 nitrogen and oxygen atoms in total. The molecule has 2 N–H and O–H groups in total. The van der Waals surface area contributed by atoms with E-state index in [2.05, 4.69) is 36.5 Å². The molecule has 22 heavy (non-hydrogen) atoms. The zero-order chi connectivity index (χ0) is 15.5. The van der Waals surface area contributed by atoms with E-state index >= 15 is 0 Å². The number of carbonyl (C=O) groups excluding carboxylic acids is 1. The second kappa shape index (κ2) is 6.33. The van der Waals surface area contributed by atoms with Gasteiger partial charge in [0.15, 0.2) is 0 Å². The van der Waals surface area contributed by atoms with Crippen LogP contribution in [0.4, 0.5) is 5.69 Å². The fourth-order valence-electron chi connectivity index (χ4n) is 1.92. The third-order valence-corrected chi connectivity index (χ3v) is 3.82. The molecular weight excluding hydrogens is 370 g/mol. The summed E-state index contributed by atoms with van der Waals surface area (Å²) in [5.74, 6) is -0.282. The average molecular weight is 381 g/mol. The fraction of sp³-hybridized carbons (Fsp3) is 0.0714. The van der Waals surface area contributed by atoms with Crippen molar-refractivity contribution in [2.24, 2.45) is 0 Å². The third-order valence-electron chi connectivity index (χ3n) is 2.97. The number of benzene rings is 1. The van der Waals surface area contributed by atoms with Crippen molar-refractivity contribution in [3.8, 4) is 0 Å². The highest BCUT2D eigenvalue weighted by molar-refractivity contribution is 9.10. The molecule has 2 heterocycles. The molecule has 0 aliphatic rings. The van der Waals surface area contributed by atoms with E-state index in [0.717, 1.165) is 5.56 Å². The molecule has 0 bridgehead atoms. The molecule has 0 saturated heterocycles. The van der Waals surface area contributed by atoms with Gasteiger partial charge in [-0.15, -0.1) is 0 Å². The highest BCUT2D eigenvalue weighted by Gasteiger charge is 2.13. The average Bonchev–Trinajstić information content (AvgIpc) is 3.10. The molecule has 8 heteroatoms. The Balaban J connectivity index is 1.67. The number of aromatic amines is 1. The van der Waals surface area contributed by atoms with Crippen molar-refractivity contribution in [3.05, 3.63) is 63.6 Å². The minimum absolute atomic E-state index is 0.282. The van der Waals surface area contributed by atoms with Crippen LogP contribution in [0.5, 0.6) is 0 Å². The van der Waals surface area contributed by atoms with E-state index in [1.54, 1.807) is 17.1 Å². The van der Waals surface area contributed by atoms with Gasteiger partial charge >= 0.3 is 0 Å². The normalized spacial score (nSPS) is 10.6. The highest BCUT2D eigenvalue weighted by atomic mass is 79.9. The summed E-state index contributed by atoms with van der Waals surface area (Å²) in [7, 11) is 0. The van der Waals surface area contributed by atoms with Crippen molar-refractivity contribution in [1.82, 2.24) is 20.0 Å². The van der Waals surface area contributed by atoms with Gasteiger partial charge in [0.25, 0.3) is 5.91 Å². The predicted molar refractivity (Wildman–Crippen MR) is 87.0 cm³/mol. The van der Waals surface area contributed by atoms with Crippen molar-refractivity contribution in [3.63, 3.8) is 0 Å². The lowest BCUT2D eigenvalue weighted by atomic mass is 10.2. The third kappa shape index (κ3) is 3.37. The van der Waals surface area contributed by atoms with Gasteiger partial charge < -0.3 is 5.32 Å². The molecule has 0 fully saturated rings. The number of H-pyrrole nitrogens is 1. The van der Waals surface area contributed by atoms with E-state index in [1.165, 1.54) is 6.20 Å². The van der Waals surface area contributed by atoms with Crippen molar-refractivity contribution in [2.45, 2.75) is 6.54 Å². The van der Waals surface area contributed by atoms with Crippen molar-refractivity contribution in [1.29, 1.82) is 0 Å². The Bertz CT molecular complexity index is 796. The molecule has 0 atom stereocenters. The number of aromatic nitrogens is 4. The van der Waals surface area contributed by atoms with Crippen molar-refractivity contribution in [2.75, 3.05) is 5.32 Å².